The Balaban J connectivity index is 0.973. The molecule has 6 aliphatic rings. The molecule has 77 heavy (non-hydrogen) atoms. The summed E-state index contributed by atoms with van der Waals surface area (Å²) in [6.07, 6.45) is 24.4. The highest BCUT2D eigenvalue weighted by Gasteiger charge is 2.53. The van der Waals surface area contributed by atoms with E-state index in [0.29, 0.717) is 5.92 Å². The van der Waals surface area contributed by atoms with Crippen LogP contribution in [0.5, 0.6) is 0 Å². The molecule has 0 saturated carbocycles. The van der Waals surface area contributed by atoms with Crippen LogP contribution in [0.3, 0.4) is 0 Å². The van der Waals surface area contributed by atoms with Crippen LogP contribution in [-0.4, -0.2) is 25.8 Å². The number of rotatable bonds is 4. The first-order chi connectivity index (χ1) is 38.2. The number of anilines is 1. The van der Waals surface area contributed by atoms with Crippen molar-refractivity contribution in [1.29, 1.82) is 0 Å². The average molecular weight is 983 g/mol. The van der Waals surface area contributed by atoms with Crippen LogP contribution in [0.1, 0.15) is 41.5 Å². The lowest BCUT2D eigenvalue weighted by atomic mass is 9.70. The predicted octanol–water partition coefficient (Wildman–Crippen LogP) is 15.7. The zero-order valence-corrected chi connectivity index (χ0v) is 42.3. The van der Waals surface area contributed by atoms with Gasteiger partial charge in [0.05, 0.1) is 45.1 Å². The van der Waals surface area contributed by atoms with E-state index in [1.165, 1.54) is 138 Å². The van der Waals surface area contributed by atoms with Gasteiger partial charge in [0.25, 0.3) is 0 Å². The summed E-state index contributed by atoms with van der Waals surface area (Å²) in [5.74, 6) is 0.337. The maximum atomic E-state index is 2.76. The molecule has 4 heteroatoms. The van der Waals surface area contributed by atoms with Gasteiger partial charge in [-0.1, -0.05) is 170 Å². The van der Waals surface area contributed by atoms with Crippen LogP contribution >= 0.6 is 0 Å². The lowest BCUT2D eigenvalue weighted by Crippen LogP contribution is -2.37. The molecular weight excluding hydrogens is 933 g/mol. The average Bonchev–Trinajstić information content (AvgIpc) is 4.47. The Labute approximate surface area is 445 Å². The van der Waals surface area contributed by atoms with E-state index >= 15 is 0 Å². The number of para-hydroxylation sites is 5. The van der Waals surface area contributed by atoms with Crippen molar-refractivity contribution in [3.63, 3.8) is 0 Å². The highest BCUT2D eigenvalue weighted by atomic mass is 15.2. The highest BCUT2D eigenvalue weighted by molar-refractivity contribution is 6.11. The second-order valence-electron chi connectivity index (χ2n) is 22.1. The van der Waals surface area contributed by atoms with Gasteiger partial charge >= 0.3 is 0 Å². The minimum Gasteiger partial charge on any atom is -0.357 e. The van der Waals surface area contributed by atoms with Crippen molar-refractivity contribution in [3.05, 3.63) is 275 Å². The first-order valence-corrected chi connectivity index (χ1v) is 27.6. The molecule has 1 spiro atoms. The summed E-state index contributed by atoms with van der Waals surface area (Å²) < 4.78 is 7.58. The minimum absolute atomic E-state index is 0.230. The lowest BCUT2D eigenvalue weighted by molar-refractivity contribution is 0.672. The number of allylic oxidation sites excluding steroid dienone is 4. The number of nitrogens with zero attached hydrogens (tertiary/aromatic N) is 4. The van der Waals surface area contributed by atoms with E-state index < -0.39 is 5.41 Å². The first-order valence-electron chi connectivity index (χ1n) is 27.6. The summed E-state index contributed by atoms with van der Waals surface area (Å²) in [6, 6.07) is 75.1. The van der Waals surface area contributed by atoms with Crippen molar-refractivity contribution in [2.24, 2.45) is 5.92 Å². The van der Waals surface area contributed by atoms with E-state index in [0.717, 1.165) is 19.3 Å². The Morgan fingerprint density at radius 2 is 0.818 bits per heavy atom. The molecule has 18 rings (SSSR count). The molecule has 4 heterocycles. The van der Waals surface area contributed by atoms with Gasteiger partial charge in [0.2, 0.25) is 0 Å². The molecule has 3 unspecified atom stereocenters. The molecular formula is C73H50N4. The van der Waals surface area contributed by atoms with Crippen LogP contribution in [0.15, 0.2) is 242 Å². The van der Waals surface area contributed by atoms with Gasteiger partial charge in [-0.3, -0.25) is 0 Å². The maximum Gasteiger partial charge on any atom is 0.0728 e. The Bertz CT molecular complexity index is 4620. The van der Waals surface area contributed by atoms with Gasteiger partial charge in [-0.15, -0.1) is 0 Å². The Morgan fingerprint density at radius 1 is 0.390 bits per heavy atom. The summed E-state index contributed by atoms with van der Waals surface area (Å²) in [6.45, 7) is 0. The molecule has 9 aromatic carbocycles. The van der Waals surface area contributed by atoms with Crippen LogP contribution in [0.4, 0.5) is 5.69 Å². The van der Waals surface area contributed by atoms with Crippen molar-refractivity contribution in [2.75, 3.05) is 4.90 Å². The van der Waals surface area contributed by atoms with Crippen LogP contribution in [0, 0.1) is 5.92 Å². The van der Waals surface area contributed by atoms with Crippen molar-refractivity contribution in [1.82, 2.24) is 13.7 Å². The van der Waals surface area contributed by atoms with E-state index in [-0.39, 0.29) is 12.1 Å². The number of benzene rings is 9. The monoisotopic (exact) mass is 982 g/mol. The van der Waals surface area contributed by atoms with Gasteiger partial charge in [-0.05, 0) is 148 Å². The summed E-state index contributed by atoms with van der Waals surface area (Å²) in [5, 5.41) is 9.01. The Hall–Kier alpha value is -9.38. The zero-order valence-electron chi connectivity index (χ0n) is 42.3. The smallest absolute Gasteiger partial charge is 0.0728 e. The first kappa shape index (κ1) is 41.9. The van der Waals surface area contributed by atoms with E-state index in [1.54, 1.807) is 0 Å². The molecule has 3 atom stereocenters. The fourth-order valence-electron chi connectivity index (χ4n) is 15.6. The van der Waals surface area contributed by atoms with Crippen LogP contribution in [-0.2, 0) is 5.41 Å². The normalized spacial score (nSPS) is 18.8. The predicted molar refractivity (Wildman–Crippen MR) is 319 cm³/mol. The second kappa shape index (κ2) is 15.4. The van der Waals surface area contributed by atoms with Crippen molar-refractivity contribution in [3.8, 4) is 39.3 Å². The number of aromatic nitrogens is 3. The van der Waals surface area contributed by atoms with Gasteiger partial charge in [-0.25, -0.2) is 0 Å². The molecule has 0 amide bonds. The quantitative estimate of drug-likeness (QED) is 0.172. The third kappa shape index (κ3) is 5.42. The topological polar surface area (TPSA) is 18.0 Å². The minimum atomic E-state index is -0.712. The fourth-order valence-corrected chi connectivity index (χ4v) is 15.6. The van der Waals surface area contributed by atoms with Crippen LogP contribution in [0.25, 0.3) is 106 Å². The van der Waals surface area contributed by atoms with Crippen LogP contribution < -0.4 is 15.5 Å². The maximum absolute atomic E-state index is 2.76. The number of hydrogen-bond acceptors (Lipinski definition) is 1. The fraction of sp³-hybridized carbons (Fsp3) is 0.0959. The molecule has 12 aromatic rings. The molecule has 362 valence electrons. The third-order valence-corrected chi connectivity index (χ3v) is 18.6. The molecule has 3 aromatic heterocycles. The number of hydrogen-bond donors (Lipinski definition) is 0. The Kier molecular flexibility index (Phi) is 8.37. The molecule has 0 bridgehead atoms. The highest BCUT2D eigenvalue weighted by Crippen LogP contribution is 2.64. The zero-order chi connectivity index (χ0) is 50.1. The molecule has 1 fully saturated rings. The standard InChI is InChI=1S/C73H50N4/c1-9-25-65-53(17-1)54-18-2-10-26-66(54)74(65)45-33-37-49-50-38-34-46(75-67-27-11-3-19-55(67)56-20-4-12-28-68(56)75)42-62(50)73(61(49)41-45)63-43-47(76-69-29-13-5-21-57(69)58-22-6-14-30-70(58)76)35-39-51(63)52-40-36-48(44-64(52)73)77-71-31-15-7-23-59(71)60-24-8-16-32-72(60)77/h1-7,9-15,17-29,31-44,57,69-70H,8,16,30H2. The second-order valence-corrected chi connectivity index (χ2v) is 22.1. The van der Waals surface area contributed by atoms with E-state index in [2.05, 4.69) is 267 Å². The molecule has 0 N–H and O–H groups in total. The van der Waals surface area contributed by atoms with Gasteiger partial charge in [0.1, 0.15) is 0 Å². The number of fused-ring (bicyclic) bond motifs is 22. The third-order valence-electron chi connectivity index (χ3n) is 18.6. The Morgan fingerprint density at radius 3 is 1.35 bits per heavy atom. The molecule has 4 nitrogen and oxygen atoms in total. The summed E-state index contributed by atoms with van der Waals surface area (Å²) >= 11 is 0. The van der Waals surface area contributed by atoms with Gasteiger partial charge in [0, 0.05) is 66.2 Å². The SMILES string of the molecule is C1=CCC2C(=C1)C1C=CC=CC1N2c1ccc2c(c1)C1(c3cc(-n4c5c(c6ccccc64)=CCCC=5)ccc3-2)c2cc(-n3c4ccccc4c4ccccc43)ccc2-c2ccc(-n3c4ccccc4c4ccccc43)cc21. The van der Waals surface area contributed by atoms with E-state index in [4.69, 9.17) is 0 Å². The van der Waals surface area contributed by atoms with Crippen molar-refractivity contribution >= 4 is 72.4 Å². The van der Waals surface area contributed by atoms with Gasteiger partial charge in [-0.2, -0.15) is 0 Å². The molecule has 1 aliphatic heterocycles. The molecule has 5 aliphatic carbocycles. The lowest BCUT2D eigenvalue weighted by Gasteiger charge is -2.35. The van der Waals surface area contributed by atoms with Gasteiger partial charge in [0.15, 0.2) is 0 Å². The summed E-state index contributed by atoms with van der Waals surface area (Å²) in [7, 11) is 0. The molecule has 1 saturated heterocycles. The van der Waals surface area contributed by atoms with Crippen LogP contribution in [0.2, 0.25) is 0 Å². The molecule has 0 radical (unpaired) electrons. The van der Waals surface area contributed by atoms with Crippen molar-refractivity contribution in [2.45, 2.75) is 36.8 Å². The van der Waals surface area contributed by atoms with Gasteiger partial charge < -0.3 is 18.6 Å². The summed E-state index contributed by atoms with van der Waals surface area (Å²) in [4.78, 5) is 2.76. The van der Waals surface area contributed by atoms with E-state index in [9.17, 15) is 0 Å². The summed E-state index contributed by atoms with van der Waals surface area (Å²) in [5.41, 5.74) is 22.2. The largest absolute Gasteiger partial charge is 0.357 e. The van der Waals surface area contributed by atoms with Crippen molar-refractivity contribution < 1.29 is 0 Å². The van der Waals surface area contributed by atoms with E-state index in [1.807, 2.05) is 0 Å².